The van der Waals surface area contributed by atoms with Crippen LogP contribution in [0.3, 0.4) is 0 Å². The normalized spacial score (nSPS) is 10.6. The number of phenolic OH excluding ortho intramolecular Hbond substituents is 1. The summed E-state index contributed by atoms with van der Waals surface area (Å²) in [6.45, 7) is 1.26. The Labute approximate surface area is 105 Å². The molecule has 96 valence electrons. The lowest BCUT2D eigenvalue weighted by Crippen LogP contribution is -2.14. The molecular formula is C12H16N4O2. The van der Waals surface area contributed by atoms with Crippen molar-refractivity contribution in [2.24, 2.45) is 7.05 Å². The third-order valence-electron chi connectivity index (χ3n) is 2.50. The van der Waals surface area contributed by atoms with Crippen LogP contribution in [0.4, 0.5) is 0 Å². The zero-order valence-corrected chi connectivity index (χ0v) is 10.4. The van der Waals surface area contributed by atoms with E-state index in [1.54, 1.807) is 23.1 Å². The van der Waals surface area contributed by atoms with E-state index < -0.39 is 0 Å². The van der Waals surface area contributed by atoms with Crippen molar-refractivity contribution < 1.29 is 9.84 Å². The van der Waals surface area contributed by atoms with Crippen LogP contribution in [0.2, 0.25) is 0 Å². The van der Waals surface area contributed by atoms with Crippen LogP contribution in [-0.2, 0) is 20.1 Å². The summed E-state index contributed by atoms with van der Waals surface area (Å²) < 4.78 is 6.72. The zero-order valence-electron chi connectivity index (χ0n) is 10.4. The maximum absolute atomic E-state index is 9.47. The molecule has 0 aliphatic carbocycles. The fourth-order valence-electron chi connectivity index (χ4n) is 1.62. The number of nitrogens with one attached hydrogen (secondary N) is 1. The Hall–Kier alpha value is -2.08. The van der Waals surface area contributed by atoms with Crippen LogP contribution in [0, 0.1) is 0 Å². The van der Waals surface area contributed by atoms with Gasteiger partial charge in [-0.1, -0.05) is 6.07 Å². The Morgan fingerprint density at radius 2 is 2.22 bits per heavy atom. The largest absolute Gasteiger partial charge is 0.504 e. The quantitative estimate of drug-likeness (QED) is 0.819. The molecule has 1 aromatic carbocycles. The van der Waals surface area contributed by atoms with Gasteiger partial charge in [0.2, 0.25) is 0 Å². The molecule has 6 nitrogen and oxygen atoms in total. The summed E-state index contributed by atoms with van der Waals surface area (Å²) in [5, 5.41) is 16.9. The van der Waals surface area contributed by atoms with Crippen molar-refractivity contribution in [1.29, 1.82) is 0 Å². The molecule has 1 heterocycles. The lowest BCUT2D eigenvalue weighted by atomic mass is 10.2. The topological polar surface area (TPSA) is 72.2 Å². The summed E-state index contributed by atoms with van der Waals surface area (Å²) in [6, 6.07) is 5.26. The third-order valence-corrected chi connectivity index (χ3v) is 2.50. The maximum Gasteiger partial charge on any atom is 0.164 e. The average molecular weight is 248 g/mol. The lowest BCUT2D eigenvalue weighted by Gasteiger charge is -2.07. The fraction of sp³-hybridized carbons (Fsp3) is 0.333. The van der Waals surface area contributed by atoms with Gasteiger partial charge in [-0.2, -0.15) is 5.10 Å². The summed E-state index contributed by atoms with van der Waals surface area (Å²) in [6.07, 6.45) is 1.67. The molecule has 6 heteroatoms. The Balaban J connectivity index is 1.90. The van der Waals surface area contributed by atoms with Crippen molar-refractivity contribution in [3.8, 4) is 11.5 Å². The van der Waals surface area contributed by atoms with E-state index in [-0.39, 0.29) is 5.75 Å². The Kier molecular flexibility index (Phi) is 3.78. The molecule has 0 fully saturated rings. The van der Waals surface area contributed by atoms with E-state index in [1.165, 1.54) is 7.11 Å². The summed E-state index contributed by atoms with van der Waals surface area (Å²) in [5.74, 6) is 1.38. The SMILES string of the molecule is COc1cc(CNCc2ncn(C)n2)ccc1O. The predicted octanol–water partition coefficient (Wildman–Crippen LogP) is 0.819. The van der Waals surface area contributed by atoms with Crippen molar-refractivity contribution in [2.45, 2.75) is 13.1 Å². The van der Waals surface area contributed by atoms with E-state index in [0.717, 1.165) is 11.4 Å². The predicted molar refractivity (Wildman–Crippen MR) is 66.2 cm³/mol. The van der Waals surface area contributed by atoms with Gasteiger partial charge in [0.05, 0.1) is 13.7 Å². The monoisotopic (exact) mass is 248 g/mol. The number of methoxy groups -OCH3 is 1. The smallest absolute Gasteiger partial charge is 0.164 e. The van der Waals surface area contributed by atoms with Crippen LogP contribution in [0.5, 0.6) is 11.5 Å². The van der Waals surface area contributed by atoms with E-state index in [1.807, 2.05) is 13.1 Å². The summed E-state index contributed by atoms with van der Waals surface area (Å²) in [7, 11) is 3.37. The van der Waals surface area contributed by atoms with Crippen molar-refractivity contribution >= 4 is 0 Å². The minimum atomic E-state index is 0.146. The molecule has 0 spiro atoms. The van der Waals surface area contributed by atoms with Crippen molar-refractivity contribution in [3.05, 3.63) is 35.9 Å². The highest BCUT2D eigenvalue weighted by molar-refractivity contribution is 5.41. The van der Waals surface area contributed by atoms with Crippen LogP contribution in [0.25, 0.3) is 0 Å². The first-order chi connectivity index (χ1) is 8.69. The molecular weight excluding hydrogens is 232 g/mol. The number of hydrogen-bond donors (Lipinski definition) is 2. The highest BCUT2D eigenvalue weighted by atomic mass is 16.5. The number of aromatic nitrogens is 3. The van der Waals surface area contributed by atoms with Gasteiger partial charge in [-0.05, 0) is 17.7 Å². The number of aryl methyl sites for hydroxylation is 1. The number of ether oxygens (including phenoxy) is 1. The first-order valence-corrected chi connectivity index (χ1v) is 5.60. The maximum atomic E-state index is 9.47. The van der Waals surface area contributed by atoms with Crippen LogP contribution < -0.4 is 10.1 Å². The lowest BCUT2D eigenvalue weighted by molar-refractivity contribution is 0.372. The highest BCUT2D eigenvalue weighted by Gasteiger charge is 2.03. The molecule has 2 N–H and O–H groups in total. The summed E-state index contributed by atoms with van der Waals surface area (Å²) in [4.78, 5) is 4.12. The van der Waals surface area contributed by atoms with Gasteiger partial charge in [0.1, 0.15) is 6.33 Å². The first-order valence-electron chi connectivity index (χ1n) is 5.60. The molecule has 0 unspecified atom stereocenters. The van der Waals surface area contributed by atoms with Crippen LogP contribution >= 0.6 is 0 Å². The molecule has 0 saturated heterocycles. The minimum Gasteiger partial charge on any atom is -0.504 e. The molecule has 1 aromatic heterocycles. The number of phenols is 1. The van der Waals surface area contributed by atoms with Gasteiger partial charge in [0, 0.05) is 13.6 Å². The third kappa shape index (κ3) is 2.98. The second kappa shape index (κ2) is 5.50. The Morgan fingerprint density at radius 3 is 2.89 bits per heavy atom. The molecule has 2 rings (SSSR count). The van der Waals surface area contributed by atoms with Gasteiger partial charge in [0.25, 0.3) is 0 Å². The number of rotatable bonds is 5. The number of nitrogens with zero attached hydrogens (tertiary/aromatic N) is 3. The van der Waals surface area contributed by atoms with Gasteiger partial charge in [-0.3, -0.25) is 4.68 Å². The Morgan fingerprint density at radius 1 is 1.39 bits per heavy atom. The van der Waals surface area contributed by atoms with Crippen LogP contribution in [-0.4, -0.2) is 27.0 Å². The molecule has 0 radical (unpaired) electrons. The van der Waals surface area contributed by atoms with Gasteiger partial charge < -0.3 is 15.2 Å². The van der Waals surface area contributed by atoms with E-state index in [9.17, 15) is 5.11 Å². The van der Waals surface area contributed by atoms with E-state index in [4.69, 9.17) is 4.74 Å². The van der Waals surface area contributed by atoms with Crippen LogP contribution in [0.15, 0.2) is 24.5 Å². The second-order valence-corrected chi connectivity index (χ2v) is 3.94. The van der Waals surface area contributed by atoms with E-state index >= 15 is 0 Å². The molecule has 0 aliphatic heterocycles. The molecule has 0 amide bonds. The fourth-order valence-corrected chi connectivity index (χ4v) is 1.62. The van der Waals surface area contributed by atoms with Crippen molar-refractivity contribution in [1.82, 2.24) is 20.1 Å². The molecule has 0 atom stereocenters. The standard InChI is InChI=1S/C12H16N4O2/c1-16-8-14-12(15-16)7-13-6-9-3-4-10(17)11(5-9)18-2/h3-5,8,13,17H,6-7H2,1-2H3. The number of aromatic hydroxyl groups is 1. The van der Waals surface area contributed by atoms with E-state index in [0.29, 0.717) is 18.8 Å². The van der Waals surface area contributed by atoms with Gasteiger partial charge in [-0.15, -0.1) is 0 Å². The van der Waals surface area contributed by atoms with Gasteiger partial charge in [-0.25, -0.2) is 4.98 Å². The van der Waals surface area contributed by atoms with Gasteiger partial charge >= 0.3 is 0 Å². The Bertz CT molecular complexity index is 525. The van der Waals surface area contributed by atoms with Crippen molar-refractivity contribution in [2.75, 3.05) is 7.11 Å². The molecule has 0 saturated carbocycles. The zero-order chi connectivity index (χ0) is 13.0. The molecule has 2 aromatic rings. The number of hydrogen-bond acceptors (Lipinski definition) is 5. The van der Waals surface area contributed by atoms with Gasteiger partial charge in [0.15, 0.2) is 17.3 Å². The summed E-state index contributed by atoms with van der Waals surface area (Å²) >= 11 is 0. The molecule has 0 bridgehead atoms. The van der Waals surface area contributed by atoms with Crippen LogP contribution in [0.1, 0.15) is 11.4 Å². The first kappa shape index (κ1) is 12.4. The average Bonchev–Trinajstić information content (AvgIpc) is 2.77. The molecule has 18 heavy (non-hydrogen) atoms. The summed E-state index contributed by atoms with van der Waals surface area (Å²) in [5.41, 5.74) is 1.03. The van der Waals surface area contributed by atoms with Crippen molar-refractivity contribution in [3.63, 3.8) is 0 Å². The molecule has 0 aliphatic rings. The highest BCUT2D eigenvalue weighted by Crippen LogP contribution is 2.26. The minimum absolute atomic E-state index is 0.146. The number of benzene rings is 1. The second-order valence-electron chi connectivity index (χ2n) is 3.94. The van der Waals surface area contributed by atoms with E-state index in [2.05, 4.69) is 15.4 Å².